The smallest absolute Gasteiger partial charge is 0.251 e. The van der Waals surface area contributed by atoms with Crippen LogP contribution >= 0.6 is 0 Å². The summed E-state index contributed by atoms with van der Waals surface area (Å²) in [7, 11) is 0. The molecule has 1 aliphatic rings. The summed E-state index contributed by atoms with van der Waals surface area (Å²) in [4.78, 5) is 11.4. The molecule has 1 N–H and O–H groups in total. The molecule has 3 nitrogen and oxygen atoms in total. The molecule has 0 saturated carbocycles. The molecule has 1 aromatic rings. The standard InChI is InChI=1S/C10H10FNO2/c11-8-3-1-2-7(4-8)10(13)12-5-9-6-14-9/h1-4,9H,5-6H2,(H,12,13). The van der Waals surface area contributed by atoms with Gasteiger partial charge in [-0.25, -0.2) is 4.39 Å². The lowest BCUT2D eigenvalue weighted by Gasteiger charge is -2.02. The van der Waals surface area contributed by atoms with E-state index < -0.39 is 5.82 Å². The van der Waals surface area contributed by atoms with Gasteiger partial charge in [0.15, 0.2) is 0 Å². The van der Waals surface area contributed by atoms with Crippen molar-refractivity contribution in [1.29, 1.82) is 0 Å². The molecule has 1 aromatic carbocycles. The van der Waals surface area contributed by atoms with E-state index in [1.165, 1.54) is 18.2 Å². The quantitative estimate of drug-likeness (QED) is 0.730. The summed E-state index contributed by atoms with van der Waals surface area (Å²) in [5, 5.41) is 2.66. The molecular formula is C10H10FNO2. The number of amides is 1. The number of benzene rings is 1. The fraction of sp³-hybridized carbons (Fsp3) is 0.300. The van der Waals surface area contributed by atoms with Gasteiger partial charge < -0.3 is 10.1 Å². The molecule has 2 rings (SSSR count). The first-order valence-electron chi connectivity index (χ1n) is 4.41. The van der Waals surface area contributed by atoms with Crippen molar-refractivity contribution in [3.05, 3.63) is 35.6 Å². The SMILES string of the molecule is O=C(NCC1CO1)c1cccc(F)c1. The lowest BCUT2D eigenvalue weighted by atomic mass is 10.2. The van der Waals surface area contributed by atoms with Crippen molar-refractivity contribution in [3.8, 4) is 0 Å². The van der Waals surface area contributed by atoms with Gasteiger partial charge in [0, 0.05) is 12.1 Å². The number of carbonyl (C=O) groups is 1. The third-order valence-corrected chi connectivity index (χ3v) is 1.98. The third-order valence-electron chi connectivity index (χ3n) is 1.98. The minimum atomic E-state index is -0.402. The van der Waals surface area contributed by atoms with Crippen molar-refractivity contribution in [3.63, 3.8) is 0 Å². The zero-order chi connectivity index (χ0) is 9.97. The van der Waals surface area contributed by atoms with Crippen molar-refractivity contribution in [2.24, 2.45) is 0 Å². The molecule has 1 aliphatic heterocycles. The van der Waals surface area contributed by atoms with Crippen molar-refractivity contribution >= 4 is 5.91 Å². The van der Waals surface area contributed by atoms with Crippen molar-refractivity contribution < 1.29 is 13.9 Å². The van der Waals surface area contributed by atoms with E-state index in [1.54, 1.807) is 6.07 Å². The highest BCUT2D eigenvalue weighted by molar-refractivity contribution is 5.94. The maximum Gasteiger partial charge on any atom is 0.251 e. The molecule has 4 heteroatoms. The molecule has 0 aromatic heterocycles. The van der Waals surface area contributed by atoms with Gasteiger partial charge in [0.2, 0.25) is 0 Å². The zero-order valence-corrected chi connectivity index (χ0v) is 7.50. The van der Waals surface area contributed by atoms with Crippen molar-refractivity contribution in [1.82, 2.24) is 5.32 Å². The highest BCUT2D eigenvalue weighted by atomic mass is 19.1. The van der Waals surface area contributed by atoms with Crippen LogP contribution in [0.4, 0.5) is 4.39 Å². The summed E-state index contributed by atoms with van der Waals surface area (Å²) in [6.07, 6.45) is 0.146. The maximum absolute atomic E-state index is 12.7. The summed E-state index contributed by atoms with van der Waals surface area (Å²) in [6, 6.07) is 5.61. The number of hydrogen-bond acceptors (Lipinski definition) is 2. The molecule has 0 bridgehead atoms. The molecule has 14 heavy (non-hydrogen) atoms. The average Bonchev–Trinajstić information content (AvgIpc) is 2.97. The van der Waals surface area contributed by atoms with Crippen LogP contribution in [0.5, 0.6) is 0 Å². The number of halogens is 1. The van der Waals surface area contributed by atoms with Crippen LogP contribution in [0, 0.1) is 5.82 Å². The Kier molecular flexibility index (Phi) is 2.45. The minimum absolute atomic E-state index is 0.146. The number of hydrogen-bond donors (Lipinski definition) is 1. The zero-order valence-electron chi connectivity index (χ0n) is 7.50. The van der Waals surface area contributed by atoms with E-state index >= 15 is 0 Å². The largest absolute Gasteiger partial charge is 0.371 e. The highest BCUT2D eigenvalue weighted by Gasteiger charge is 2.22. The highest BCUT2D eigenvalue weighted by Crippen LogP contribution is 2.07. The molecule has 1 saturated heterocycles. The van der Waals surface area contributed by atoms with Crippen LogP contribution < -0.4 is 5.32 Å². The molecule has 0 radical (unpaired) electrons. The van der Waals surface area contributed by atoms with Crippen LogP contribution in [0.1, 0.15) is 10.4 Å². The number of epoxide rings is 1. The van der Waals surface area contributed by atoms with Crippen molar-refractivity contribution in [2.45, 2.75) is 6.10 Å². The Bertz CT molecular complexity index is 350. The predicted octanol–water partition coefficient (Wildman–Crippen LogP) is 0.954. The summed E-state index contributed by atoms with van der Waals surface area (Å²) >= 11 is 0. The molecule has 0 aliphatic carbocycles. The first-order chi connectivity index (χ1) is 6.75. The van der Waals surface area contributed by atoms with Crippen LogP contribution in [-0.4, -0.2) is 25.2 Å². The Hall–Kier alpha value is -1.42. The van der Waals surface area contributed by atoms with Gasteiger partial charge in [-0.15, -0.1) is 0 Å². The van der Waals surface area contributed by atoms with Crippen LogP contribution in [0.25, 0.3) is 0 Å². The van der Waals surface area contributed by atoms with Gasteiger partial charge in [0.05, 0.1) is 12.7 Å². The van der Waals surface area contributed by atoms with Gasteiger partial charge in [-0.3, -0.25) is 4.79 Å². The Morgan fingerprint density at radius 2 is 2.43 bits per heavy atom. The monoisotopic (exact) mass is 195 g/mol. The molecule has 74 valence electrons. The Labute approximate surface area is 80.9 Å². The fourth-order valence-corrected chi connectivity index (χ4v) is 1.12. The fourth-order valence-electron chi connectivity index (χ4n) is 1.12. The third kappa shape index (κ3) is 2.29. The molecule has 1 atom stereocenters. The number of nitrogens with one attached hydrogen (secondary N) is 1. The second-order valence-corrected chi connectivity index (χ2v) is 3.18. The molecule has 1 fully saturated rings. The topological polar surface area (TPSA) is 41.6 Å². The van der Waals surface area contributed by atoms with E-state index in [-0.39, 0.29) is 12.0 Å². The molecule has 1 unspecified atom stereocenters. The predicted molar refractivity (Wildman–Crippen MR) is 48.5 cm³/mol. The number of ether oxygens (including phenoxy) is 1. The Morgan fingerprint density at radius 1 is 1.64 bits per heavy atom. The summed E-state index contributed by atoms with van der Waals surface area (Å²) in [5.41, 5.74) is 0.339. The first-order valence-corrected chi connectivity index (χ1v) is 4.41. The van der Waals surface area contributed by atoms with Gasteiger partial charge in [0.1, 0.15) is 5.82 Å². The second-order valence-electron chi connectivity index (χ2n) is 3.18. The van der Waals surface area contributed by atoms with Gasteiger partial charge in [0.25, 0.3) is 5.91 Å². The van der Waals surface area contributed by atoms with Crippen LogP contribution in [-0.2, 0) is 4.74 Å². The van der Waals surface area contributed by atoms with E-state index in [4.69, 9.17) is 4.74 Å². The van der Waals surface area contributed by atoms with Gasteiger partial charge >= 0.3 is 0 Å². The Morgan fingerprint density at radius 3 is 3.07 bits per heavy atom. The molecule has 1 heterocycles. The van der Waals surface area contributed by atoms with E-state index in [9.17, 15) is 9.18 Å². The normalized spacial score (nSPS) is 19.1. The first kappa shape index (κ1) is 9.15. The second kappa shape index (κ2) is 3.75. The summed E-state index contributed by atoms with van der Waals surface area (Å²) in [6.45, 7) is 1.19. The summed E-state index contributed by atoms with van der Waals surface area (Å²) < 4.78 is 17.7. The van der Waals surface area contributed by atoms with Crippen molar-refractivity contribution in [2.75, 3.05) is 13.2 Å². The van der Waals surface area contributed by atoms with Gasteiger partial charge in [-0.05, 0) is 18.2 Å². The summed E-state index contributed by atoms with van der Waals surface area (Å²) in [5.74, 6) is -0.666. The van der Waals surface area contributed by atoms with E-state index in [0.29, 0.717) is 18.7 Å². The maximum atomic E-state index is 12.7. The van der Waals surface area contributed by atoms with E-state index in [0.717, 1.165) is 0 Å². The molecule has 1 amide bonds. The van der Waals surface area contributed by atoms with E-state index in [1.807, 2.05) is 0 Å². The van der Waals surface area contributed by atoms with Gasteiger partial charge in [-0.2, -0.15) is 0 Å². The number of carbonyl (C=O) groups excluding carboxylic acids is 1. The molecule has 0 spiro atoms. The number of rotatable bonds is 3. The minimum Gasteiger partial charge on any atom is -0.371 e. The van der Waals surface area contributed by atoms with Gasteiger partial charge in [-0.1, -0.05) is 6.07 Å². The Balaban J connectivity index is 1.95. The van der Waals surface area contributed by atoms with Crippen LogP contribution in [0.3, 0.4) is 0 Å². The lowest BCUT2D eigenvalue weighted by Crippen LogP contribution is -2.27. The molecular weight excluding hydrogens is 185 g/mol. The van der Waals surface area contributed by atoms with Crippen LogP contribution in [0.15, 0.2) is 24.3 Å². The average molecular weight is 195 g/mol. The van der Waals surface area contributed by atoms with Crippen LogP contribution in [0.2, 0.25) is 0 Å². The lowest BCUT2D eigenvalue weighted by molar-refractivity contribution is 0.0950. The van der Waals surface area contributed by atoms with E-state index in [2.05, 4.69) is 5.32 Å².